The first kappa shape index (κ1) is 15.2. The Morgan fingerprint density at radius 3 is 2.21 bits per heavy atom. The Hall–Kier alpha value is -0.160. The summed E-state index contributed by atoms with van der Waals surface area (Å²) in [7, 11) is 3.60. The maximum absolute atomic E-state index is 5.58. The lowest BCUT2D eigenvalue weighted by Crippen LogP contribution is -2.49. The van der Waals surface area contributed by atoms with Crippen LogP contribution in [0.15, 0.2) is 0 Å². The van der Waals surface area contributed by atoms with Crippen molar-refractivity contribution >= 4 is 0 Å². The van der Waals surface area contributed by atoms with Crippen LogP contribution in [0.4, 0.5) is 0 Å². The third-order valence-corrected chi connectivity index (χ3v) is 4.76. The van der Waals surface area contributed by atoms with Crippen molar-refractivity contribution in [3.8, 4) is 0 Å². The zero-order valence-electron chi connectivity index (χ0n) is 12.7. The minimum atomic E-state index is 0.232. The molecule has 0 amide bonds. The molecule has 0 aromatic rings. The molecule has 1 aliphatic heterocycles. The lowest BCUT2D eigenvalue weighted by molar-refractivity contribution is -0.00461. The van der Waals surface area contributed by atoms with Crippen LogP contribution in [0, 0.1) is 0 Å². The van der Waals surface area contributed by atoms with E-state index in [1.54, 1.807) is 14.2 Å². The molecule has 0 radical (unpaired) electrons. The fourth-order valence-electron chi connectivity index (χ4n) is 3.72. The first-order valence-corrected chi connectivity index (χ1v) is 7.83. The second-order valence-electron chi connectivity index (χ2n) is 5.87. The largest absolute Gasteiger partial charge is 0.377 e. The van der Waals surface area contributed by atoms with Crippen molar-refractivity contribution in [3.63, 3.8) is 0 Å². The number of hydrogen-bond donors (Lipinski definition) is 1. The van der Waals surface area contributed by atoms with Crippen LogP contribution in [0.3, 0.4) is 0 Å². The summed E-state index contributed by atoms with van der Waals surface area (Å²) in [6.07, 6.45) is 7.19. The quantitative estimate of drug-likeness (QED) is 0.770. The molecular formula is C15H30N2O2. The predicted octanol–water partition coefficient (Wildman–Crippen LogP) is 1.64. The summed E-state index contributed by atoms with van der Waals surface area (Å²) < 4.78 is 11.2. The van der Waals surface area contributed by atoms with Gasteiger partial charge in [-0.1, -0.05) is 26.2 Å². The highest BCUT2D eigenvalue weighted by Gasteiger charge is 2.39. The standard InChI is InChI=1S/C15H30N2O2/c1-4-16-12-8-6-5-7-9-13(12)17-10-14(18-2)15(11-17)19-3/h12-16H,4-11H2,1-3H3. The second-order valence-corrected chi connectivity index (χ2v) is 5.87. The van der Waals surface area contributed by atoms with Gasteiger partial charge in [-0.05, 0) is 19.4 Å². The van der Waals surface area contributed by atoms with Gasteiger partial charge in [0.1, 0.15) is 0 Å². The Balaban J connectivity index is 2.01. The highest BCUT2D eigenvalue weighted by molar-refractivity contribution is 4.94. The number of hydrogen-bond acceptors (Lipinski definition) is 4. The molecule has 1 aliphatic carbocycles. The fourth-order valence-corrected chi connectivity index (χ4v) is 3.72. The first-order valence-electron chi connectivity index (χ1n) is 7.83. The zero-order chi connectivity index (χ0) is 13.7. The van der Waals surface area contributed by atoms with E-state index in [2.05, 4.69) is 17.1 Å². The van der Waals surface area contributed by atoms with Crippen LogP contribution in [-0.4, -0.2) is 63.0 Å². The van der Waals surface area contributed by atoms with Crippen molar-refractivity contribution in [1.82, 2.24) is 10.2 Å². The van der Waals surface area contributed by atoms with Gasteiger partial charge in [-0.2, -0.15) is 0 Å². The Morgan fingerprint density at radius 1 is 1.00 bits per heavy atom. The number of likely N-dealkylation sites (N-methyl/N-ethyl adjacent to an activating group) is 1. The van der Waals surface area contributed by atoms with Gasteiger partial charge in [-0.3, -0.25) is 4.90 Å². The van der Waals surface area contributed by atoms with Gasteiger partial charge in [0.15, 0.2) is 0 Å². The first-order chi connectivity index (χ1) is 9.30. The molecular weight excluding hydrogens is 240 g/mol. The van der Waals surface area contributed by atoms with Gasteiger partial charge in [0.2, 0.25) is 0 Å². The summed E-state index contributed by atoms with van der Waals surface area (Å²) in [4.78, 5) is 2.60. The van der Waals surface area contributed by atoms with E-state index in [0.29, 0.717) is 12.1 Å². The van der Waals surface area contributed by atoms with Gasteiger partial charge in [0, 0.05) is 39.4 Å². The van der Waals surface area contributed by atoms with E-state index in [1.807, 2.05) is 0 Å². The molecule has 112 valence electrons. The van der Waals surface area contributed by atoms with E-state index in [9.17, 15) is 0 Å². The van der Waals surface area contributed by atoms with Gasteiger partial charge < -0.3 is 14.8 Å². The lowest BCUT2D eigenvalue weighted by atomic mass is 10.0. The van der Waals surface area contributed by atoms with Crippen LogP contribution >= 0.6 is 0 Å². The minimum Gasteiger partial charge on any atom is -0.377 e. The molecule has 2 aliphatic rings. The van der Waals surface area contributed by atoms with Crippen LogP contribution in [-0.2, 0) is 9.47 Å². The predicted molar refractivity (Wildman–Crippen MR) is 77.5 cm³/mol. The Kier molecular flexibility index (Phi) is 6.07. The third kappa shape index (κ3) is 3.69. The Labute approximate surface area is 117 Å². The van der Waals surface area contributed by atoms with E-state index < -0.39 is 0 Å². The number of ether oxygens (including phenoxy) is 2. The van der Waals surface area contributed by atoms with Gasteiger partial charge in [-0.25, -0.2) is 0 Å². The minimum absolute atomic E-state index is 0.232. The number of rotatable bonds is 5. The van der Waals surface area contributed by atoms with Crippen molar-refractivity contribution in [2.75, 3.05) is 33.9 Å². The second kappa shape index (κ2) is 7.58. The summed E-state index contributed by atoms with van der Waals surface area (Å²) in [6, 6.07) is 1.29. The summed E-state index contributed by atoms with van der Waals surface area (Å²) in [5.74, 6) is 0. The lowest BCUT2D eigenvalue weighted by Gasteiger charge is -2.34. The van der Waals surface area contributed by atoms with Crippen LogP contribution < -0.4 is 5.32 Å². The van der Waals surface area contributed by atoms with Crippen molar-refractivity contribution in [1.29, 1.82) is 0 Å². The van der Waals surface area contributed by atoms with Crippen molar-refractivity contribution in [2.24, 2.45) is 0 Å². The molecule has 2 fully saturated rings. The summed E-state index contributed by atoms with van der Waals surface area (Å²) in [6.45, 7) is 5.31. The SMILES string of the molecule is CCNC1CCCCCC1N1CC(OC)C(OC)C1. The topological polar surface area (TPSA) is 33.7 Å². The number of nitrogens with zero attached hydrogens (tertiary/aromatic N) is 1. The van der Waals surface area contributed by atoms with E-state index in [4.69, 9.17) is 9.47 Å². The molecule has 0 aromatic heterocycles. The van der Waals surface area contributed by atoms with Crippen LogP contribution in [0.25, 0.3) is 0 Å². The molecule has 1 saturated carbocycles. The van der Waals surface area contributed by atoms with Crippen LogP contribution in [0.2, 0.25) is 0 Å². The fraction of sp³-hybridized carbons (Fsp3) is 1.00. The van der Waals surface area contributed by atoms with Gasteiger partial charge in [0.05, 0.1) is 12.2 Å². The van der Waals surface area contributed by atoms with Gasteiger partial charge >= 0.3 is 0 Å². The summed E-state index contributed by atoms with van der Waals surface area (Å²) in [5, 5.41) is 3.69. The molecule has 0 aromatic carbocycles. The molecule has 2 rings (SSSR count). The van der Waals surface area contributed by atoms with E-state index in [0.717, 1.165) is 19.6 Å². The average molecular weight is 270 g/mol. The van der Waals surface area contributed by atoms with Crippen molar-refractivity contribution < 1.29 is 9.47 Å². The Morgan fingerprint density at radius 2 is 1.63 bits per heavy atom. The normalized spacial score (nSPS) is 37.4. The van der Waals surface area contributed by atoms with E-state index in [-0.39, 0.29) is 12.2 Å². The third-order valence-electron chi connectivity index (χ3n) is 4.76. The van der Waals surface area contributed by atoms with E-state index >= 15 is 0 Å². The summed E-state index contributed by atoms with van der Waals surface area (Å²) >= 11 is 0. The molecule has 4 heteroatoms. The average Bonchev–Trinajstić information content (AvgIpc) is 2.71. The number of methoxy groups -OCH3 is 2. The molecule has 0 spiro atoms. The molecule has 0 bridgehead atoms. The molecule has 4 unspecified atom stereocenters. The van der Waals surface area contributed by atoms with Crippen LogP contribution in [0.1, 0.15) is 39.0 Å². The monoisotopic (exact) mass is 270 g/mol. The maximum atomic E-state index is 5.58. The smallest absolute Gasteiger partial charge is 0.0971 e. The molecule has 1 saturated heterocycles. The maximum Gasteiger partial charge on any atom is 0.0971 e. The highest BCUT2D eigenvalue weighted by atomic mass is 16.5. The number of nitrogens with one attached hydrogen (secondary N) is 1. The van der Waals surface area contributed by atoms with Gasteiger partial charge in [-0.15, -0.1) is 0 Å². The molecule has 19 heavy (non-hydrogen) atoms. The van der Waals surface area contributed by atoms with Crippen molar-refractivity contribution in [2.45, 2.75) is 63.3 Å². The zero-order valence-corrected chi connectivity index (χ0v) is 12.7. The Bertz CT molecular complexity index is 251. The summed E-state index contributed by atoms with van der Waals surface area (Å²) in [5.41, 5.74) is 0. The number of likely N-dealkylation sites (tertiary alicyclic amines) is 1. The molecule has 4 nitrogen and oxygen atoms in total. The van der Waals surface area contributed by atoms with E-state index in [1.165, 1.54) is 32.1 Å². The molecule has 1 heterocycles. The van der Waals surface area contributed by atoms with Crippen LogP contribution in [0.5, 0.6) is 0 Å². The highest BCUT2D eigenvalue weighted by Crippen LogP contribution is 2.27. The molecule has 4 atom stereocenters. The van der Waals surface area contributed by atoms with Crippen molar-refractivity contribution in [3.05, 3.63) is 0 Å². The molecule has 1 N–H and O–H groups in total. The van der Waals surface area contributed by atoms with Gasteiger partial charge in [0.25, 0.3) is 0 Å².